The number of hydrogen-bond donors (Lipinski definition) is 1. The zero-order chi connectivity index (χ0) is 13.0. The number of hydrogen-bond acceptors (Lipinski definition) is 4. The van der Waals surface area contributed by atoms with Gasteiger partial charge in [-0.1, -0.05) is 0 Å². The second-order valence-corrected chi connectivity index (χ2v) is 5.86. The Morgan fingerprint density at radius 3 is 2.74 bits per heavy atom. The second-order valence-electron chi connectivity index (χ2n) is 5.86. The van der Waals surface area contributed by atoms with Crippen molar-refractivity contribution in [3.8, 4) is 0 Å². The zero-order valence-electron chi connectivity index (χ0n) is 10.6. The summed E-state index contributed by atoms with van der Waals surface area (Å²) >= 11 is 0. The van der Waals surface area contributed by atoms with Gasteiger partial charge in [0, 0.05) is 38.2 Å². The molecular weight excluding hydrogens is 244 g/mol. The number of aliphatic carboxylic acids is 1. The monoisotopic (exact) mass is 260 g/mol. The Hall–Kier alpha value is -1.59. The number of furan rings is 1. The minimum Gasteiger partial charge on any atom is -0.478 e. The maximum absolute atomic E-state index is 11.2. The molecular formula is C14H16N2O3. The molecule has 4 bridgehead atoms. The highest BCUT2D eigenvalue weighted by molar-refractivity contribution is 5.81. The third-order valence-electron chi connectivity index (χ3n) is 4.61. The Kier molecular flexibility index (Phi) is 2.20. The second kappa shape index (κ2) is 3.71. The molecule has 0 saturated carbocycles. The molecule has 0 spiro atoms. The normalized spacial score (nSPS) is 41.9. The lowest BCUT2D eigenvalue weighted by atomic mass is 9.64. The SMILES string of the molecule is O=C(O)/C=C1\C2CN3CN(C2)CC1(c1ccco1)C3. The molecule has 1 aromatic rings. The number of carboxylic acid groups (broad SMARTS) is 1. The number of nitrogens with zero attached hydrogens (tertiary/aromatic N) is 2. The van der Waals surface area contributed by atoms with Crippen LogP contribution < -0.4 is 0 Å². The van der Waals surface area contributed by atoms with Crippen molar-refractivity contribution in [1.82, 2.24) is 9.80 Å². The van der Waals surface area contributed by atoms with Gasteiger partial charge in [-0.15, -0.1) is 0 Å². The van der Waals surface area contributed by atoms with Gasteiger partial charge in [0.1, 0.15) is 5.76 Å². The van der Waals surface area contributed by atoms with E-state index in [-0.39, 0.29) is 5.41 Å². The number of carboxylic acids is 1. The van der Waals surface area contributed by atoms with Crippen LogP contribution in [0, 0.1) is 5.92 Å². The van der Waals surface area contributed by atoms with Gasteiger partial charge in [0.05, 0.1) is 18.3 Å². The van der Waals surface area contributed by atoms with E-state index in [9.17, 15) is 9.90 Å². The summed E-state index contributed by atoms with van der Waals surface area (Å²) in [5.74, 6) is 0.370. The highest BCUT2D eigenvalue weighted by atomic mass is 16.4. The molecule has 1 N–H and O–H groups in total. The first-order chi connectivity index (χ1) is 9.17. The Morgan fingerprint density at radius 2 is 2.16 bits per heavy atom. The topological polar surface area (TPSA) is 56.9 Å². The van der Waals surface area contributed by atoms with E-state index in [0.717, 1.165) is 44.2 Å². The predicted octanol–water partition coefficient (Wildman–Crippen LogP) is 0.747. The molecule has 4 aliphatic heterocycles. The molecule has 5 heteroatoms. The van der Waals surface area contributed by atoms with Gasteiger partial charge in [0.25, 0.3) is 0 Å². The predicted molar refractivity (Wildman–Crippen MR) is 67.6 cm³/mol. The van der Waals surface area contributed by atoms with Crippen LogP contribution in [0.15, 0.2) is 34.5 Å². The van der Waals surface area contributed by atoms with E-state index in [2.05, 4.69) is 9.80 Å². The van der Waals surface area contributed by atoms with Gasteiger partial charge in [-0.25, -0.2) is 4.79 Å². The Bertz CT molecular complexity index is 535. The van der Waals surface area contributed by atoms with Crippen molar-refractivity contribution in [2.45, 2.75) is 5.41 Å². The van der Waals surface area contributed by atoms with Gasteiger partial charge in [-0.05, 0) is 17.7 Å². The van der Waals surface area contributed by atoms with Crippen LogP contribution in [0.1, 0.15) is 5.76 Å². The molecule has 19 heavy (non-hydrogen) atoms. The van der Waals surface area contributed by atoms with Crippen LogP contribution >= 0.6 is 0 Å². The summed E-state index contributed by atoms with van der Waals surface area (Å²) in [6, 6.07) is 3.86. The lowest BCUT2D eigenvalue weighted by Gasteiger charge is -2.60. The van der Waals surface area contributed by atoms with Gasteiger partial charge in [0.2, 0.25) is 0 Å². The van der Waals surface area contributed by atoms with Crippen molar-refractivity contribution < 1.29 is 14.3 Å². The first-order valence-electron chi connectivity index (χ1n) is 6.61. The Morgan fingerprint density at radius 1 is 1.42 bits per heavy atom. The summed E-state index contributed by atoms with van der Waals surface area (Å²) in [5, 5.41) is 9.18. The molecule has 0 aromatic carbocycles. The van der Waals surface area contributed by atoms with E-state index in [1.807, 2.05) is 12.1 Å². The lowest BCUT2D eigenvalue weighted by Crippen LogP contribution is -2.70. The van der Waals surface area contributed by atoms with Crippen LogP contribution in [-0.2, 0) is 10.2 Å². The van der Waals surface area contributed by atoms with Crippen molar-refractivity contribution >= 4 is 5.97 Å². The lowest BCUT2D eigenvalue weighted by molar-refractivity contribution is -0.131. The molecule has 4 aliphatic rings. The maximum atomic E-state index is 11.2. The fourth-order valence-electron chi connectivity index (χ4n) is 4.13. The molecule has 4 fully saturated rings. The molecule has 4 saturated heterocycles. The van der Waals surface area contributed by atoms with Crippen molar-refractivity contribution in [2.24, 2.45) is 5.92 Å². The summed E-state index contributed by atoms with van der Waals surface area (Å²) in [4.78, 5) is 16.0. The minimum atomic E-state index is -0.849. The number of carbonyl (C=O) groups is 1. The van der Waals surface area contributed by atoms with Crippen LogP contribution in [0.2, 0.25) is 0 Å². The van der Waals surface area contributed by atoms with Crippen LogP contribution in [0.25, 0.3) is 0 Å². The highest BCUT2D eigenvalue weighted by Gasteiger charge is 2.55. The zero-order valence-corrected chi connectivity index (χ0v) is 10.6. The summed E-state index contributed by atoms with van der Waals surface area (Å²) in [6.45, 7) is 4.68. The molecule has 5 nitrogen and oxygen atoms in total. The smallest absolute Gasteiger partial charge is 0.328 e. The van der Waals surface area contributed by atoms with Gasteiger partial charge < -0.3 is 9.52 Å². The molecule has 5 heterocycles. The fourth-order valence-corrected chi connectivity index (χ4v) is 4.13. The Labute approximate surface area is 111 Å². The van der Waals surface area contributed by atoms with Gasteiger partial charge >= 0.3 is 5.97 Å². The molecule has 2 unspecified atom stereocenters. The number of piperidine rings is 2. The van der Waals surface area contributed by atoms with Crippen LogP contribution in [0.3, 0.4) is 0 Å². The van der Waals surface area contributed by atoms with Gasteiger partial charge in [0.15, 0.2) is 0 Å². The minimum absolute atomic E-state index is 0.263. The van der Waals surface area contributed by atoms with Crippen molar-refractivity contribution in [3.63, 3.8) is 0 Å². The quantitative estimate of drug-likeness (QED) is 0.795. The molecule has 0 radical (unpaired) electrons. The molecule has 2 atom stereocenters. The summed E-state index contributed by atoms with van der Waals surface area (Å²) in [5.41, 5.74) is 0.781. The number of rotatable bonds is 2. The highest BCUT2D eigenvalue weighted by Crippen LogP contribution is 2.48. The van der Waals surface area contributed by atoms with Crippen molar-refractivity contribution in [2.75, 3.05) is 32.8 Å². The largest absolute Gasteiger partial charge is 0.478 e. The first kappa shape index (κ1) is 11.3. The van der Waals surface area contributed by atoms with Gasteiger partial charge in [-0.2, -0.15) is 0 Å². The maximum Gasteiger partial charge on any atom is 0.328 e. The molecule has 1 aromatic heterocycles. The van der Waals surface area contributed by atoms with E-state index in [1.165, 1.54) is 6.08 Å². The van der Waals surface area contributed by atoms with E-state index < -0.39 is 5.97 Å². The third-order valence-corrected chi connectivity index (χ3v) is 4.61. The average molecular weight is 260 g/mol. The van der Waals surface area contributed by atoms with E-state index in [1.54, 1.807) is 6.26 Å². The van der Waals surface area contributed by atoms with Crippen LogP contribution in [-0.4, -0.2) is 53.7 Å². The van der Waals surface area contributed by atoms with Crippen LogP contribution in [0.5, 0.6) is 0 Å². The molecule has 0 aliphatic carbocycles. The van der Waals surface area contributed by atoms with E-state index in [4.69, 9.17) is 4.42 Å². The summed E-state index contributed by atoms with van der Waals surface area (Å²) in [7, 11) is 0. The molecule has 100 valence electrons. The van der Waals surface area contributed by atoms with Crippen molar-refractivity contribution in [1.29, 1.82) is 0 Å². The van der Waals surface area contributed by atoms with E-state index >= 15 is 0 Å². The molecule has 5 rings (SSSR count). The standard InChI is InChI=1S/C14H16N2O3/c17-13(18)4-11-10-5-15-7-14(11,8-16(6-10)9-15)12-2-1-3-19-12/h1-4,10H,5-9H2,(H,17,18)/b11-4+. The van der Waals surface area contributed by atoms with Gasteiger partial charge in [-0.3, -0.25) is 9.80 Å². The summed E-state index contributed by atoms with van der Waals surface area (Å²) in [6.07, 6.45) is 3.10. The van der Waals surface area contributed by atoms with E-state index in [0.29, 0.717) is 5.92 Å². The fraction of sp³-hybridized carbons (Fsp3) is 0.500. The average Bonchev–Trinajstić information content (AvgIpc) is 2.87. The van der Waals surface area contributed by atoms with Crippen LogP contribution in [0.4, 0.5) is 0 Å². The Balaban J connectivity index is 1.87. The molecule has 0 amide bonds. The third kappa shape index (κ3) is 1.52. The van der Waals surface area contributed by atoms with Crippen molar-refractivity contribution in [3.05, 3.63) is 35.8 Å². The summed E-state index contributed by atoms with van der Waals surface area (Å²) < 4.78 is 5.64. The first-order valence-corrected chi connectivity index (χ1v) is 6.61.